The first kappa shape index (κ1) is 24.5. The zero-order valence-electron chi connectivity index (χ0n) is 20.1. The minimum Gasteiger partial charge on any atom is -0.481 e. The van der Waals surface area contributed by atoms with E-state index in [1.54, 1.807) is 6.20 Å². The average molecular weight is 507 g/mol. The largest absolute Gasteiger partial charge is 0.481 e. The van der Waals surface area contributed by atoms with Crippen molar-refractivity contribution in [3.63, 3.8) is 0 Å². The monoisotopic (exact) mass is 506 g/mol. The zero-order chi connectivity index (χ0) is 25.0. The molecule has 2 aromatic heterocycles. The summed E-state index contributed by atoms with van der Waals surface area (Å²) in [6.07, 6.45) is 10.9. The molecule has 9 heteroatoms. The molecule has 0 aliphatic heterocycles. The average Bonchev–Trinajstić information content (AvgIpc) is 3.36. The van der Waals surface area contributed by atoms with Crippen molar-refractivity contribution in [1.29, 1.82) is 0 Å². The lowest BCUT2D eigenvalue weighted by Crippen LogP contribution is -2.32. The molecule has 3 aromatic rings. The van der Waals surface area contributed by atoms with E-state index in [4.69, 9.17) is 9.52 Å². The van der Waals surface area contributed by atoms with Crippen LogP contribution in [0.2, 0.25) is 0 Å². The molecule has 188 valence electrons. The number of hydrogen-bond acceptors (Lipinski definition) is 7. The lowest BCUT2D eigenvalue weighted by atomic mass is 9.61. The Labute approximate surface area is 214 Å². The summed E-state index contributed by atoms with van der Waals surface area (Å²) < 4.78 is 5.50. The zero-order valence-corrected chi connectivity index (χ0v) is 20.9. The summed E-state index contributed by atoms with van der Waals surface area (Å²) in [6.45, 7) is 0. The second kappa shape index (κ2) is 10.8. The van der Waals surface area contributed by atoms with E-state index in [9.17, 15) is 9.59 Å². The number of nitrogens with one attached hydrogen (secondary N) is 1. The lowest BCUT2D eigenvalue weighted by Gasteiger charge is -2.44. The highest BCUT2D eigenvalue weighted by molar-refractivity contribution is 7.99. The summed E-state index contributed by atoms with van der Waals surface area (Å²) in [6, 6.07) is 13.5. The van der Waals surface area contributed by atoms with Crippen molar-refractivity contribution >= 4 is 29.3 Å². The molecule has 8 nitrogen and oxygen atoms in total. The predicted molar refractivity (Wildman–Crippen MR) is 135 cm³/mol. The number of nitrogens with zero attached hydrogens (tertiary/aromatic N) is 3. The quantitative estimate of drug-likeness (QED) is 0.390. The van der Waals surface area contributed by atoms with Crippen LogP contribution >= 0.6 is 11.8 Å². The molecule has 2 saturated carbocycles. The molecule has 2 fully saturated rings. The summed E-state index contributed by atoms with van der Waals surface area (Å²) in [5.74, 6) is -0.459. The molecular formula is C27H30N4O4S. The van der Waals surface area contributed by atoms with Gasteiger partial charge in [0, 0.05) is 22.9 Å². The molecule has 36 heavy (non-hydrogen) atoms. The van der Waals surface area contributed by atoms with Crippen LogP contribution in [0.25, 0.3) is 0 Å². The van der Waals surface area contributed by atoms with Crippen molar-refractivity contribution < 1.29 is 19.1 Å². The van der Waals surface area contributed by atoms with Crippen LogP contribution in [0.3, 0.4) is 0 Å². The van der Waals surface area contributed by atoms with Crippen molar-refractivity contribution in [3.05, 3.63) is 60.2 Å². The minimum absolute atomic E-state index is 0.0897. The fourth-order valence-corrected chi connectivity index (χ4v) is 6.30. The first-order chi connectivity index (χ1) is 17.5. The number of carboxylic acid groups (broad SMARTS) is 1. The van der Waals surface area contributed by atoms with Gasteiger partial charge in [-0.25, -0.2) is 0 Å². The van der Waals surface area contributed by atoms with Crippen LogP contribution < -0.4 is 5.32 Å². The molecule has 1 aromatic carbocycles. The molecule has 2 heterocycles. The highest BCUT2D eigenvalue weighted by Gasteiger charge is 2.39. The second-order valence-corrected chi connectivity index (χ2v) is 11.1. The number of pyridine rings is 1. The van der Waals surface area contributed by atoms with Crippen molar-refractivity contribution in [3.8, 4) is 0 Å². The van der Waals surface area contributed by atoms with Crippen LogP contribution in [0.15, 0.2) is 63.2 Å². The van der Waals surface area contributed by atoms with E-state index in [2.05, 4.69) is 20.5 Å². The number of carbonyl (C=O) groups excluding carboxylic acids is 1. The Morgan fingerprint density at radius 1 is 1.00 bits per heavy atom. The molecule has 2 aliphatic rings. The maximum Gasteiger partial charge on any atom is 0.313 e. The van der Waals surface area contributed by atoms with Crippen LogP contribution in [0.1, 0.15) is 80.1 Å². The molecule has 0 bridgehead atoms. The van der Waals surface area contributed by atoms with E-state index in [-0.39, 0.29) is 5.89 Å². The van der Waals surface area contributed by atoms with Crippen molar-refractivity contribution in [2.45, 2.75) is 73.8 Å². The predicted octanol–water partition coefficient (Wildman–Crippen LogP) is 6.18. The van der Waals surface area contributed by atoms with E-state index in [0.717, 1.165) is 49.1 Å². The number of anilines is 1. The number of carbonyl (C=O) groups is 2. The van der Waals surface area contributed by atoms with Gasteiger partial charge in [-0.1, -0.05) is 18.2 Å². The van der Waals surface area contributed by atoms with Gasteiger partial charge in [0.05, 0.1) is 11.9 Å². The Bertz CT molecular complexity index is 1180. The fourth-order valence-electron chi connectivity index (χ4n) is 5.60. The minimum atomic E-state index is -0.672. The Balaban J connectivity index is 1.11. The smallest absolute Gasteiger partial charge is 0.313 e. The third-order valence-corrected chi connectivity index (χ3v) is 8.53. The Kier molecular flexibility index (Phi) is 7.36. The summed E-state index contributed by atoms with van der Waals surface area (Å²) in [4.78, 5) is 29.1. The molecule has 0 saturated heterocycles. The molecule has 1 spiro atoms. The maximum absolute atomic E-state index is 12.5. The number of hydrogen-bond donors (Lipinski definition) is 2. The van der Waals surface area contributed by atoms with Gasteiger partial charge in [0.15, 0.2) is 0 Å². The first-order valence-electron chi connectivity index (χ1n) is 12.5. The number of rotatable bonds is 7. The summed E-state index contributed by atoms with van der Waals surface area (Å²) in [7, 11) is 0. The van der Waals surface area contributed by atoms with Crippen molar-refractivity contribution in [1.82, 2.24) is 15.2 Å². The van der Waals surface area contributed by atoms with Gasteiger partial charge in [0.25, 0.3) is 5.22 Å². The van der Waals surface area contributed by atoms with Gasteiger partial charge in [0.1, 0.15) is 0 Å². The van der Waals surface area contributed by atoms with Gasteiger partial charge in [-0.05, 0) is 98.7 Å². The van der Waals surface area contributed by atoms with Crippen LogP contribution in [-0.4, -0.2) is 32.2 Å². The van der Waals surface area contributed by atoms with Gasteiger partial charge in [-0.2, -0.15) is 0 Å². The second-order valence-electron chi connectivity index (χ2n) is 10.0. The van der Waals surface area contributed by atoms with Gasteiger partial charge >= 0.3 is 17.8 Å². The van der Waals surface area contributed by atoms with Crippen molar-refractivity contribution in [2.75, 3.05) is 5.32 Å². The summed E-state index contributed by atoms with van der Waals surface area (Å²) in [5.41, 5.74) is 2.03. The van der Waals surface area contributed by atoms with Gasteiger partial charge in [0.2, 0.25) is 0 Å². The van der Waals surface area contributed by atoms with Crippen LogP contribution in [0, 0.1) is 11.3 Å². The lowest BCUT2D eigenvalue weighted by molar-refractivity contribution is -0.138. The van der Waals surface area contributed by atoms with Gasteiger partial charge in [-0.15, -0.1) is 10.2 Å². The molecule has 2 aliphatic carbocycles. The number of amides is 1. The van der Waals surface area contributed by atoms with Crippen LogP contribution in [0.5, 0.6) is 0 Å². The fraction of sp³-hybridized carbons (Fsp3) is 0.444. The normalized spacial score (nSPS) is 23.9. The molecule has 5 rings (SSSR count). The standard InChI is InChI=1S/C27H30N4O4S/c32-23(33)16-18-8-12-27(13-9-18)14-10-19(11-15-27)22-7-6-20(17-28-22)29-24(34)25-30-31-26(35-25)36-21-4-2-1-3-5-21/h1-7,17-19H,8-16H2,(H,29,34)(H,32,33). The maximum atomic E-state index is 12.5. The third kappa shape index (κ3) is 5.95. The Morgan fingerprint density at radius 2 is 1.72 bits per heavy atom. The molecule has 1 amide bonds. The van der Waals surface area contributed by atoms with E-state index in [0.29, 0.717) is 34.6 Å². The number of carboxylic acids is 1. The van der Waals surface area contributed by atoms with Crippen LogP contribution in [-0.2, 0) is 4.79 Å². The van der Waals surface area contributed by atoms with E-state index >= 15 is 0 Å². The Hall–Kier alpha value is -3.20. The first-order valence-corrected chi connectivity index (χ1v) is 13.4. The molecule has 2 N–H and O–H groups in total. The number of benzene rings is 1. The van der Waals surface area contributed by atoms with Crippen molar-refractivity contribution in [2.24, 2.45) is 11.3 Å². The molecule has 0 radical (unpaired) electrons. The number of aromatic nitrogens is 3. The molecular weight excluding hydrogens is 476 g/mol. The highest BCUT2D eigenvalue weighted by Crippen LogP contribution is 2.52. The highest BCUT2D eigenvalue weighted by atomic mass is 32.2. The van der Waals surface area contributed by atoms with Crippen LogP contribution in [0.4, 0.5) is 5.69 Å². The Morgan fingerprint density at radius 3 is 2.39 bits per heavy atom. The molecule has 0 atom stereocenters. The topological polar surface area (TPSA) is 118 Å². The van der Waals surface area contributed by atoms with E-state index < -0.39 is 11.9 Å². The van der Waals surface area contributed by atoms with E-state index in [1.807, 2.05) is 42.5 Å². The summed E-state index contributed by atoms with van der Waals surface area (Å²) in [5, 5.41) is 20.0. The van der Waals surface area contributed by atoms with Gasteiger partial charge in [-0.3, -0.25) is 14.6 Å². The number of aliphatic carboxylic acids is 1. The van der Waals surface area contributed by atoms with E-state index in [1.165, 1.54) is 24.6 Å². The third-order valence-electron chi connectivity index (χ3n) is 7.69. The summed E-state index contributed by atoms with van der Waals surface area (Å²) >= 11 is 1.30. The SMILES string of the molecule is O=C(O)CC1CCC2(CC1)CCC(c1ccc(NC(=O)c3nnc(Sc4ccccc4)o3)cn1)CC2. The molecule has 0 unspecified atom stereocenters. The van der Waals surface area contributed by atoms with Gasteiger partial charge < -0.3 is 14.8 Å².